The third kappa shape index (κ3) is 3.91. The Hall–Kier alpha value is -0.650. The van der Waals surface area contributed by atoms with Crippen molar-refractivity contribution in [1.29, 1.82) is 0 Å². The van der Waals surface area contributed by atoms with Gasteiger partial charge >= 0.3 is 0 Å². The van der Waals surface area contributed by atoms with Gasteiger partial charge in [-0.3, -0.25) is 16.3 Å². The van der Waals surface area contributed by atoms with Gasteiger partial charge in [0.2, 0.25) is 0 Å². The smallest absolute Gasteiger partial charge is 0.0515 e. The van der Waals surface area contributed by atoms with Crippen LogP contribution in [0.2, 0.25) is 10.0 Å². The van der Waals surface area contributed by atoms with E-state index in [9.17, 15) is 0 Å². The van der Waals surface area contributed by atoms with Crippen molar-refractivity contribution in [3.8, 4) is 0 Å². The van der Waals surface area contributed by atoms with E-state index < -0.39 is 0 Å². The molecule has 1 unspecified atom stereocenters. The first-order chi connectivity index (χ1) is 9.10. The van der Waals surface area contributed by atoms with Gasteiger partial charge in [0.1, 0.15) is 0 Å². The van der Waals surface area contributed by atoms with Gasteiger partial charge in [0.05, 0.1) is 6.04 Å². The minimum Gasteiger partial charge on any atom is -0.271 e. The number of halogens is 3. The summed E-state index contributed by atoms with van der Waals surface area (Å²) in [6.45, 7) is 0. The summed E-state index contributed by atoms with van der Waals surface area (Å²) in [5, 5.41) is 1.20. The zero-order valence-corrected chi connectivity index (χ0v) is 13.0. The van der Waals surface area contributed by atoms with Gasteiger partial charge in [-0.25, -0.2) is 0 Å². The zero-order chi connectivity index (χ0) is 13.8. The van der Waals surface area contributed by atoms with Crippen molar-refractivity contribution in [3.63, 3.8) is 0 Å². The molecule has 0 aliphatic rings. The van der Waals surface area contributed by atoms with E-state index in [1.165, 1.54) is 0 Å². The number of hydrazine groups is 1. The van der Waals surface area contributed by atoms with Crippen LogP contribution in [0.15, 0.2) is 41.1 Å². The summed E-state index contributed by atoms with van der Waals surface area (Å²) in [5.74, 6) is 5.62. The van der Waals surface area contributed by atoms with Crippen LogP contribution in [0.5, 0.6) is 0 Å². The molecule has 0 aliphatic carbocycles. The van der Waals surface area contributed by atoms with Crippen molar-refractivity contribution >= 4 is 39.1 Å². The second-order valence-corrected chi connectivity index (χ2v) is 5.86. The van der Waals surface area contributed by atoms with Gasteiger partial charge in [-0.2, -0.15) is 0 Å². The number of nitrogens with two attached hydrogens (primary N) is 1. The Bertz CT molecular complexity index is 578. The molecule has 0 amide bonds. The molecule has 1 atom stereocenters. The standard InChI is InChI=1S/C13H12BrCl2N3/c14-9-3-8(6-18-7-9)4-13(19-17)11-2-1-10(15)5-12(11)16/h1-3,5-7,13,19H,4,17H2. The number of benzene rings is 1. The predicted octanol–water partition coefficient (Wildman–Crippen LogP) is 3.90. The Morgan fingerprint density at radius 1 is 1.26 bits per heavy atom. The lowest BCUT2D eigenvalue weighted by molar-refractivity contribution is 0.551. The van der Waals surface area contributed by atoms with E-state index in [1.54, 1.807) is 24.5 Å². The predicted molar refractivity (Wildman–Crippen MR) is 82.2 cm³/mol. The topological polar surface area (TPSA) is 50.9 Å². The highest BCUT2D eigenvalue weighted by molar-refractivity contribution is 9.10. The molecule has 19 heavy (non-hydrogen) atoms. The van der Waals surface area contributed by atoms with E-state index in [0.29, 0.717) is 16.5 Å². The number of hydrogen-bond acceptors (Lipinski definition) is 3. The summed E-state index contributed by atoms with van der Waals surface area (Å²) < 4.78 is 0.933. The van der Waals surface area contributed by atoms with Crippen molar-refractivity contribution in [2.24, 2.45) is 5.84 Å². The first kappa shape index (κ1) is 14.8. The van der Waals surface area contributed by atoms with Gasteiger partial charge in [-0.1, -0.05) is 29.3 Å². The normalized spacial score (nSPS) is 12.4. The third-order valence-electron chi connectivity index (χ3n) is 2.74. The molecule has 2 rings (SSSR count). The monoisotopic (exact) mass is 359 g/mol. The van der Waals surface area contributed by atoms with Crippen LogP contribution in [0.3, 0.4) is 0 Å². The van der Waals surface area contributed by atoms with Crippen LogP contribution in [0.25, 0.3) is 0 Å². The highest BCUT2D eigenvalue weighted by Gasteiger charge is 2.14. The first-order valence-electron chi connectivity index (χ1n) is 5.60. The lowest BCUT2D eigenvalue weighted by Gasteiger charge is -2.18. The third-order valence-corrected chi connectivity index (χ3v) is 3.74. The van der Waals surface area contributed by atoms with Crippen molar-refractivity contribution in [2.75, 3.05) is 0 Å². The minimum absolute atomic E-state index is 0.0964. The number of hydrogen-bond donors (Lipinski definition) is 2. The Labute approximate surface area is 130 Å². The largest absolute Gasteiger partial charge is 0.271 e. The summed E-state index contributed by atoms with van der Waals surface area (Å²) in [4.78, 5) is 4.13. The van der Waals surface area contributed by atoms with Crippen LogP contribution in [0.1, 0.15) is 17.2 Å². The summed E-state index contributed by atoms with van der Waals surface area (Å²) in [5.41, 5.74) is 4.75. The molecule has 0 saturated heterocycles. The Morgan fingerprint density at radius 3 is 2.68 bits per heavy atom. The number of aromatic nitrogens is 1. The second kappa shape index (κ2) is 6.68. The molecular weight excluding hydrogens is 349 g/mol. The van der Waals surface area contributed by atoms with E-state index in [2.05, 4.69) is 26.3 Å². The van der Waals surface area contributed by atoms with Gasteiger partial charge < -0.3 is 0 Å². The average molecular weight is 361 g/mol. The Balaban J connectivity index is 2.25. The van der Waals surface area contributed by atoms with E-state index in [0.717, 1.165) is 15.6 Å². The maximum Gasteiger partial charge on any atom is 0.0515 e. The van der Waals surface area contributed by atoms with Gasteiger partial charge in [-0.05, 0) is 51.7 Å². The van der Waals surface area contributed by atoms with Gasteiger partial charge in [0.25, 0.3) is 0 Å². The van der Waals surface area contributed by atoms with E-state index >= 15 is 0 Å². The number of nitrogens with one attached hydrogen (secondary N) is 1. The Kier molecular flexibility index (Phi) is 5.19. The van der Waals surface area contributed by atoms with Crippen LogP contribution >= 0.6 is 39.1 Å². The molecule has 0 saturated carbocycles. The van der Waals surface area contributed by atoms with Crippen LogP contribution in [-0.4, -0.2) is 4.98 Å². The summed E-state index contributed by atoms with van der Waals surface area (Å²) in [7, 11) is 0. The zero-order valence-electron chi connectivity index (χ0n) is 9.91. The minimum atomic E-state index is -0.0964. The quantitative estimate of drug-likeness (QED) is 0.642. The van der Waals surface area contributed by atoms with E-state index in [1.807, 2.05) is 12.1 Å². The molecule has 1 aromatic carbocycles. The molecule has 0 radical (unpaired) electrons. The van der Waals surface area contributed by atoms with Crippen molar-refractivity contribution in [1.82, 2.24) is 10.4 Å². The Morgan fingerprint density at radius 2 is 2.05 bits per heavy atom. The molecule has 0 spiro atoms. The van der Waals surface area contributed by atoms with Crippen LogP contribution in [0, 0.1) is 0 Å². The molecule has 0 aliphatic heterocycles. The number of pyridine rings is 1. The summed E-state index contributed by atoms with van der Waals surface area (Å²) in [6, 6.07) is 7.29. The first-order valence-corrected chi connectivity index (χ1v) is 7.15. The fourth-order valence-electron chi connectivity index (χ4n) is 1.85. The van der Waals surface area contributed by atoms with Gasteiger partial charge in [-0.15, -0.1) is 0 Å². The molecular formula is C13H12BrCl2N3. The summed E-state index contributed by atoms with van der Waals surface area (Å²) >= 11 is 15.5. The van der Waals surface area contributed by atoms with Crippen molar-refractivity contribution in [2.45, 2.75) is 12.5 Å². The highest BCUT2D eigenvalue weighted by atomic mass is 79.9. The fraction of sp³-hybridized carbons (Fsp3) is 0.154. The second-order valence-electron chi connectivity index (χ2n) is 4.10. The highest BCUT2D eigenvalue weighted by Crippen LogP contribution is 2.28. The SMILES string of the molecule is NNC(Cc1cncc(Br)c1)c1ccc(Cl)cc1Cl. The van der Waals surface area contributed by atoms with E-state index in [-0.39, 0.29) is 6.04 Å². The average Bonchev–Trinajstić information content (AvgIpc) is 2.37. The molecule has 1 aromatic heterocycles. The summed E-state index contributed by atoms with van der Waals surface area (Å²) in [6.07, 6.45) is 4.23. The molecule has 3 nitrogen and oxygen atoms in total. The molecule has 100 valence electrons. The van der Waals surface area contributed by atoms with Crippen LogP contribution in [-0.2, 0) is 6.42 Å². The van der Waals surface area contributed by atoms with Crippen molar-refractivity contribution < 1.29 is 0 Å². The van der Waals surface area contributed by atoms with Gasteiger partial charge in [0.15, 0.2) is 0 Å². The van der Waals surface area contributed by atoms with E-state index in [4.69, 9.17) is 29.0 Å². The molecule has 3 N–H and O–H groups in total. The van der Waals surface area contributed by atoms with Crippen LogP contribution < -0.4 is 11.3 Å². The molecule has 0 fully saturated rings. The number of rotatable bonds is 4. The molecule has 0 bridgehead atoms. The molecule has 6 heteroatoms. The maximum absolute atomic E-state index is 6.20. The fourth-order valence-corrected chi connectivity index (χ4v) is 2.80. The lowest BCUT2D eigenvalue weighted by Crippen LogP contribution is -2.29. The maximum atomic E-state index is 6.20. The molecule has 1 heterocycles. The molecule has 2 aromatic rings. The van der Waals surface area contributed by atoms with Gasteiger partial charge in [0, 0.05) is 26.9 Å². The van der Waals surface area contributed by atoms with Crippen LogP contribution in [0.4, 0.5) is 0 Å². The lowest BCUT2D eigenvalue weighted by atomic mass is 10.0. The number of nitrogens with zero attached hydrogens (tertiary/aromatic N) is 1. The van der Waals surface area contributed by atoms with Crippen molar-refractivity contribution in [3.05, 3.63) is 62.3 Å².